The molecule has 2 heterocycles. The first-order valence-electron chi connectivity index (χ1n) is 25.6. The molecule has 0 saturated carbocycles. The zero-order valence-corrected chi connectivity index (χ0v) is 44.0. The van der Waals surface area contributed by atoms with Crippen LogP contribution >= 0.6 is 0 Å². The Balaban J connectivity index is 2.10. The van der Waals surface area contributed by atoms with Gasteiger partial charge in [-0.2, -0.15) is 0 Å². The molecule has 0 bridgehead atoms. The van der Waals surface area contributed by atoms with Crippen molar-refractivity contribution in [1.29, 1.82) is 0 Å². The van der Waals surface area contributed by atoms with E-state index in [4.69, 9.17) is 7.16 Å². The molecule has 0 fully saturated rings. The van der Waals surface area contributed by atoms with E-state index in [0.717, 1.165) is 75.3 Å². The van der Waals surface area contributed by atoms with Gasteiger partial charge in [0.25, 0.3) is 0 Å². The normalized spacial score (nSPS) is 21.3. The topological polar surface area (TPSA) is 19.6 Å². The molecule has 4 rings (SSSR count). The molecule has 2 aliphatic rings. The van der Waals surface area contributed by atoms with E-state index in [9.17, 15) is 0 Å². The molecule has 1 radical (unpaired) electrons. The number of benzene rings is 1. The van der Waals surface area contributed by atoms with Gasteiger partial charge in [-0.1, -0.05) is 187 Å². The highest BCUT2D eigenvalue weighted by molar-refractivity contribution is 6.63. The minimum absolute atomic E-state index is 0.0216. The fraction of sp³-hybridized carbons (Fsp3) is 0.452. The molecule has 1 atom stereocenters. The Hall–Kier alpha value is -4.96. The van der Waals surface area contributed by atoms with E-state index >= 15 is 0 Å². The van der Waals surface area contributed by atoms with Gasteiger partial charge in [0.05, 0.1) is 11.3 Å². The first-order chi connectivity index (χ1) is 31.7. The highest BCUT2D eigenvalue weighted by Gasteiger charge is 2.39. The number of allylic oxidation sites excluding steroid dienone is 20. The lowest BCUT2D eigenvalue weighted by Crippen LogP contribution is -2.34. The molecule has 0 saturated heterocycles. The highest BCUT2D eigenvalue weighted by Crippen LogP contribution is 2.48. The summed E-state index contributed by atoms with van der Waals surface area (Å²) >= 11 is 0. The molecular weight excluding hydrogens is 800 g/mol. The van der Waals surface area contributed by atoms with Crippen molar-refractivity contribution in [2.45, 2.75) is 154 Å². The summed E-state index contributed by atoms with van der Waals surface area (Å²) in [7, 11) is 2.27. The summed E-state index contributed by atoms with van der Waals surface area (Å²) in [5.74, 6) is 1.14. The van der Waals surface area contributed by atoms with Gasteiger partial charge in [-0.15, -0.1) is 0 Å². The molecule has 1 unspecified atom stereocenters. The number of hydrogen-bond donors (Lipinski definition) is 0. The lowest BCUT2D eigenvalue weighted by Gasteiger charge is -2.41. The summed E-state index contributed by atoms with van der Waals surface area (Å²) in [6.07, 6.45) is 40.0. The van der Waals surface area contributed by atoms with Crippen molar-refractivity contribution >= 4 is 29.6 Å². The van der Waals surface area contributed by atoms with Crippen molar-refractivity contribution in [1.82, 2.24) is 4.90 Å². The van der Waals surface area contributed by atoms with Crippen LogP contribution in [0.5, 0.6) is 0 Å². The van der Waals surface area contributed by atoms with E-state index in [-0.39, 0.29) is 21.7 Å². The number of furan rings is 1. The second-order valence-electron chi connectivity index (χ2n) is 22.3. The van der Waals surface area contributed by atoms with Crippen LogP contribution in [0.1, 0.15) is 157 Å². The fourth-order valence-electron chi connectivity index (χ4n) is 8.48. The van der Waals surface area contributed by atoms with Gasteiger partial charge in [0.15, 0.2) is 0 Å². The van der Waals surface area contributed by atoms with E-state index in [2.05, 4.69) is 220 Å². The minimum Gasteiger partial charge on any atom is -0.469 e. The number of nitrogens with zero attached hydrogens (tertiary/aromatic N) is 2. The molecule has 2 aromatic rings. The van der Waals surface area contributed by atoms with Crippen LogP contribution in [0.4, 0.5) is 5.69 Å². The molecule has 4 heteroatoms. The van der Waals surface area contributed by atoms with Crippen molar-refractivity contribution < 1.29 is 7.16 Å². The number of rotatable bonds is 15. The van der Waals surface area contributed by atoms with Gasteiger partial charge >= 0.3 is 0 Å². The summed E-state index contributed by atoms with van der Waals surface area (Å²) in [6, 6.07) is 4.80. The van der Waals surface area contributed by atoms with Crippen molar-refractivity contribution in [3.8, 4) is 0 Å². The molecule has 66 heavy (non-hydrogen) atoms. The van der Waals surface area contributed by atoms with Gasteiger partial charge in [-0.3, -0.25) is 0 Å². The van der Waals surface area contributed by atoms with Crippen LogP contribution in [-0.2, 0) is 10.8 Å². The van der Waals surface area contributed by atoms with Crippen molar-refractivity contribution in [2.75, 3.05) is 11.4 Å². The van der Waals surface area contributed by atoms with Crippen molar-refractivity contribution in [3.05, 3.63) is 179 Å². The number of fused-ring (bicyclic) bond motifs is 4. The Bertz CT molecular complexity index is 2470. The van der Waals surface area contributed by atoms with Crippen LogP contribution in [0.3, 0.4) is 0 Å². The Labute approximate surface area is 407 Å². The van der Waals surface area contributed by atoms with E-state index in [1.165, 1.54) is 29.2 Å². The molecule has 1 aromatic carbocycles. The fourth-order valence-corrected chi connectivity index (χ4v) is 8.48. The highest BCUT2D eigenvalue weighted by atomic mass is 16.3. The number of hydrogen-bond acceptors (Lipinski definition) is 3. The van der Waals surface area contributed by atoms with Gasteiger partial charge in [-0.25, -0.2) is 0 Å². The van der Waals surface area contributed by atoms with Crippen molar-refractivity contribution in [2.24, 2.45) is 22.7 Å². The van der Waals surface area contributed by atoms with Gasteiger partial charge in [0.1, 0.15) is 5.58 Å². The quantitative estimate of drug-likeness (QED) is 0.131. The maximum Gasteiger partial charge on any atom is 0.246 e. The van der Waals surface area contributed by atoms with Crippen LogP contribution < -0.4 is 10.6 Å². The Morgan fingerprint density at radius 3 is 2.15 bits per heavy atom. The molecule has 1 aromatic heterocycles. The molecule has 0 spiro atoms. The van der Waals surface area contributed by atoms with Crippen LogP contribution in [0.2, 0.25) is 0 Å². The van der Waals surface area contributed by atoms with E-state index in [1.807, 2.05) is 18.2 Å². The molecule has 3 nitrogen and oxygen atoms in total. The lowest BCUT2D eigenvalue weighted by molar-refractivity contribution is 0.332. The first kappa shape index (κ1) is 50.5. The zero-order chi connectivity index (χ0) is 50.8. The largest absolute Gasteiger partial charge is 0.469 e. The Morgan fingerprint density at radius 2 is 1.56 bits per heavy atom. The average molecular weight is 888 g/mol. The van der Waals surface area contributed by atoms with Gasteiger partial charge in [0.2, 0.25) is 7.28 Å². The summed E-state index contributed by atoms with van der Waals surface area (Å²) in [6.45, 7) is 44.5. The zero-order valence-electron chi connectivity index (χ0n) is 46.0. The molecule has 0 N–H and O–H groups in total. The summed E-state index contributed by atoms with van der Waals surface area (Å²) in [4.78, 5) is 4.71. The third kappa shape index (κ3) is 13.8. The predicted octanol–water partition coefficient (Wildman–Crippen LogP) is 17.3. The second-order valence-corrected chi connectivity index (χ2v) is 22.3. The van der Waals surface area contributed by atoms with Gasteiger partial charge in [-0.05, 0) is 145 Å². The maximum absolute atomic E-state index is 7.53. The first-order valence-corrected chi connectivity index (χ1v) is 24.4. The summed E-state index contributed by atoms with van der Waals surface area (Å²) < 4.78 is 22.3. The third-order valence-corrected chi connectivity index (χ3v) is 13.5. The molecule has 0 amide bonds. The van der Waals surface area contributed by atoms with E-state index in [0.29, 0.717) is 18.4 Å². The molecule has 1 aliphatic carbocycles. The lowest BCUT2D eigenvalue weighted by atomic mass is 9.62. The maximum atomic E-state index is 7.53. The average Bonchev–Trinajstić information content (AvgIpc) is 3.60. The van der Waals surface area contributed by atoms with E-state index < -0.39 is 6.88 Å². The SMILES string of the molecule is [2H]C([2H])/C=C/C=C(C=C)/C=C/C(=C\C=C\N1C(/C=C\C)=C/CN(/C(C=C)=C/C=C/C(C)CCC(C)C)c2c(oc3cc4c(cc23)C(C)(C)CCC4(C)C)[B]C(/C=C(\C)C(C)(C)C)=C\1C)C(C)(C)C. The van der Waals surface area contributed by atoms with Crippen LogP contribution in [0.15, 0.2) is 172 Å². The Kier molecular flexibility index (Phi) is 17.3. The van der Waals surface area contributed by atoms with Crippen LogP contribution in [0, 0.1) is 22.7 Å². The molecular formula is C62H86BN2O. The minimum atomic E-state index is -1.01. The number of anilines is 1. The predicted molar refractivity (Wildman–Crippen MR) is 294 cm³/mol. The smallest absolute Gasteiger partial charge is 0.246 e. The van der Waals surface area contributed by atoms with Gasteiger partial charge in [0, 0.05) is 38.0 Å². The third-order valence-electron chi connectivity index (χ3n) is 13.5. The summed E-state index contributed by atoms with van der Waals surface area (Å²) in [5, 5.41) is 1.12. The molecule has 353 valence electrons. The summed E-state index contributed by atoms with van der Waals surface area (Å²) in [5.41, 5.74) is 12.9. The van der Waals surface area contributed by atoms with Crippen LogP contribution in [0.25, 0.3) is 11.0 Å². The van der Waals surface area contributed by atoms with Crippen molar-refractivity contribution in [3.63, 3.8) is 0 Å². The van der Waals surface area contributed by atoms with Crippen LogP contribution in [-0.4, -0.2) is 18.7 Å². The Morgan fingerprint density at radius 1 is 0.879 bits per heavy atom. The van der Waals surface area contributed by atoms with Gasteiger partial charge < -0.3 is 14.2 Å². The second kappa shape index (κ2) is 22.7. The van der Waals surface area contributed by atoms with E-state index in [1.54, 1.807) is 12.2 Å². The monoisotopic (exact) mass is 888 g/mol. The standard InChI is InChI=1S/C62H86BN2O/c1-20-24-29-48(22-3)34-35-49(60(13,14)15)30-26-39-64-47(9)55(41-46(8)59(10,11)12)63-58-57(52-42-53-54(43-56(52)66-58)62(18,19)38-37-61(53,16)17)65(40-36-51(64)27-21-2)50(23-4)31-25-28-45(7)33-32-44(5)6/h20-31,34-36,39,41-45H,3-4,32-33,37-38,40H2,1-2,5-19H3/b24-20+,27-21-,28-25+,35-34+,39-26+,46-41+,48-29+,49-30+,50-31+,51-36+,55-47-/i1D2. The molecule has 1 aliphatic heterocycles.